The van der Waals surface area contributed by atoms with Gasteiger partial charge in [-0.3, -0.25) is 4.79 Å². The first kappa shape index (κ1) is 18.4. The van der Waals surface area contributed by atoms with Gasteiger partial charge in [0.15, 0.2) is 0 Å². The smallest absolute Gasteiger partial charge is 0.257 e. The van der Waals surface area contributed by atoms with Crippen LogP contribution >= 0.6 is 24.0 Å². The van der Waals surface area contributed by atoms with Crippen molar-refractivity contribution in [2.45, 2.75) is 50.7 Å². The fraction of sp³-hybridized carbons (Fsp3) is 0.588. The Balaban J connectivity index is 0.00000192. The number of nitrogens with zero attached hydrogens (tertiary/aromatic N) is 1. The number of ether oxygens (including phenoxy) is 1. The van der Waals surface area contributed by atoms with E-state index in [-0.39, 0.29) is 30.5 Å². The first-order chi connectivity index (χ1) is 10.6. The molecule has 1 heterocycles. The number of nitrogens with two attached hydrogens (primary N) is 1. The lowest BCUT2D eigenvalue weighted by Gasteiger charge is -2.31. The van der Waals surface area contributed by atoms with Crippen LogP contribution in [0.25, 0.3) is 0 Å². The number of benzene rings is 1. The number of hydrogen-bond donors (Lipinski definition) is 1. The first-order valence-corrected chi connectivity index (χ1v) is 8.52. The van der Waals surface area contributed by atoms with Gasteiger partial charge in [0, 0.05) is 24.2 Å². The second-order valence-electron chi connectivity index (χ2n) is 6.32. The minimum Gasteiger partial charge on any atom is -0.490 e. The molecule has 3 rings (SSSR count). The third-order valence-corrected chi connectivity index (χ3v) is 4.75. The van der Waals surface area contributed by atoms with Gasteiger partial charge in [-0.05, 0) is 56.7 Å². The molecular formula is C17H24Cl2N2O2. The number of carbonyl (C=O) groups excluding carboxylic acids is 1. The van der Waals surface area contributed by atoms with Crippen LogP contribution in [0, 0.1) is 0 Å². The molecule has 1 saturated heterocycles. The zero-order valence-electron chi connectivity index (χ0n) is 13.2. The van der Waals surface area contributed by atoms with Crippen LogP contribution in [0.5, 0.6) is 5.75 Å². The van der Waals surface area contributed by atoms with Crippen molar-refractivity contribution in [1.29, 1.82) is 0 Å². The van der Waals surface area contributed by atoms with Crippen molar-refractivity contribution in [2.75, 3.05) is 13.1 Å². The molecule has 1 unspecified atom stereocenters. The highest BCUT2D eigenvalue weighted by molar-refractivity contribution is 6.31. The molecule has 6 heteroatoms. The van der Waals surface area contributed by atoms with Crippen molar-refractivity contribution in [3.63, 3.8) is 0 Å². The number of hydrogen-bond acceptors (Lipinski definition) is 3. The van der Waals surface area contributed by atoms with Crippen LogP contribution in [-0.4, -0.2) is 36.0 Å². The van der Waals surface area contributed by atoms with Gasteiger partial charge in [0.2, 0.25) is 0 Å². The molecule has 1 amide bonds. The maximum atomic E-state index is 12.8. The molecule has 0 radical (unpaired) electrons. The molecule has 1 atom stereocenters. The summed E-state index contributed by atoms with van der Waals surface area (Å²) in [6.07, 6.45) is 6.66. The topological polar surface area (TPSA) is 55.6 Å². The van der Waals surface area contributed by atoms with Gasteiger partial charge in [-0.15, -0.1) is 12.4 Å². The van der Waals surface area contributed by atoms with Gasteiger partial charge in [0.1, 0.15) is 5.75 Å². The summed E-state index contributed by atoms with van der Waals surface area (Å²) in [4.78, 5) is 14.6. The van der Waals surface area contributed by atoms with Crippen LogP contribution < -0.4 is 10.5 Å². The van der Waals surface area contributed by atoms with Gasteiger partial charge in [0.05, 0.1) is 11.7 Å². The average molecular weight is 359 g/mol. The fourth-order valence-corrected chi connectivity index (χ4v) is 3.49. The lowest BCUT2D eigenvalue weighted by molar-refractivity contribution is 0.0701. The lowest BCUT2D eigenvalue weighted by atomic mass is 10.0. The van der Waals surface area contributed by atoms with Gasteiger partial charge in [-0.1, -0.05) is 11.6 Å². The summed E-state index contributed by atoms with van der Waals surface area (Å²) in [5.41, 5.74) is 6.55. The van der Waals surface area contributed by atoms with Gasteiger partial charge in [0.25, 0.3) is 5.91 Å². The van der Waals surface area contributed by atoms with Gasteiger partial charge < -0.3 is 15.4 Å². The standard InChI is InChI=1S/C17H23ClN2O2.ClH/c18-12-7-8-16(22-14-5-1-2-6-14)15(10-12)17(21)20-9-3-4-13(19)11-20;/h7-8,10,13-14H,1-6,9,11,19H2;1H. The van der Waals surface area contributed by atoms with E-state index in [0.717, 1.165) is 32.2 Å². The number of halogens is 2. The van der Waals surface area contributed by atoms with Crippen molar-refractivity contribution in [3.8, 4) is 5.75 Å². The summed E-state index contributed by atoms with van der Waals surface area (Å²) in [5, 5.41) is 0.559. The second-order valence-corrected chi connectivity index (χ2v) is 6.75. The summed E-state index contributed by atoms with van der Waals surface area (Å²) in [6.45, 7) is 1.36. The maximum absolute atomic E-state index is 12.8. The summed E-state index contributed by atoms with van der Waals surface area (Å²) < 4.78 is 6.06. The molecule has 128 valence electrons. The zero-order chi connectivity index (χ0) is 15.5. The van der Waals surface area contributed by atoms with E-state index in [0.29, 0.717) is 22.9 Å². The fourth-order valence-electron chi connectivity index (χ4n) is 3.32. The molecule has 0 aromatic heterocycles. The Morgan fingerprint density at radius 3 is 2.65 bits per heavy atom. The molecule has 23 heavy (non-hydrogen) atoms. The van der Waals surface area contributed by atoms with Crippen molar-refractivity contribution in [2.24, 2.45) is 5.73 Å². The quantitative estimate of drug-likeness (QED) is 0.896. The van der Waals surface area contributed by atoms with E-state index >= 15 is 0 Å². The summed E-state index contributed by atoms with van der Waals surface area (Å²) in [5.74, 6) is 0.631. The molecule has 1 aromatic rings. The minimum absolute atomic E-state index is 0. The highest BCUT2D eigenvalue weighted by atomic mass is 35.5. The van der Waals surface area contributed by atoms with Crippen LogP contribution in [0.15, 0.2) is 18.2 Å². The van der Waals surface area contributed by atoms with Crippen molar-refractivity contribution in [3.05, 3.63) is 28.8 Å². The Morgan fingerprint density at radius 1 is 1.22 bits per heavy atom. The largest absolute Gasteiger partial charge is 0.490 e. The molecule has 1 aromatic carbocycles. The predicted molar refractivity (Wildman–Crippen MR) is 94.7 cm³/mol. The van der Waals surface area contributed by atoms with Crippen molar-refractivity contribution < 1.29 is 9.53 Å². The molecule has 1 aliphatic carbocycles. The normalized spacial score (nSPS) is 21.8. The number of carbonyl (C=O) groups is 1. The van der Waals surface area contributed by atoms with Gasteiger partial charge in [-0.25, -0.2) is 0 Å². The predicted octanol–water partition coefficient (Wildman–Crippen LogP) is 3.65. The molecule has 2 aliphatic rings. The third kappa shape index (κ3) is 4.52. The van der Waals surface area contributed by atoms with Gasteiger partial charge in [-0.2, -0.15) is 0 Å². The Hall–Kier alpha value is -0.970. The van der Waals surface area contributed by atoms with E-state index < -0.39 is 0 Å². The number of rotatable bonds is 3. The monoisotopic (exact) mass is 358 g/mol. The number of likely N-dealkylation sites (tertiary alicyclic amines) is 1. The maximum Gasteiger partial charge on any atom is 0.257 e. The van der Waals surface area contributed by atoms with Crippen molar-refractivity contribution in [1.82, 2.24) is 4.90 Å². The Morgan fingerprint density at radius 2 is 1.96 bits per heavy atom. The zero-order valence-corrected chi connectivity index (χ0v) is 14.7. The summed E-state index contributed by atoms with van der Waals surface area (Å²) >= 11 is 6.09. The highest BCUT2D eigenvalue weighted by Crippen LogP contribution is 2.30. The molecule has 4 nitrogen and oxygen atoms in total. The van der Waals surface area contributed by atoms with Crippen LogP contribution in [0.2, 0.25) is 5.02 Å². The van der Waals surface area contributed by atoms with Crippen LogP contribution in [0.3, 0.4) is 0 Å². The second kappa shape index (κ2) is 8.22. The molecule has 1 saturated carbocycles. The molecule has 2 N–H and O–H groups in total. The molecule has 2 fully saturated rings. The Labute approximate surface area is 148 Å². The van der Waals surface area contributed by atoms with E-state index in [2.05, 4.69) is 0 Å². The Kier molecular flexibility index (Phi) is 6.57. The molecular weight excluding hydrogens is 335 g/mol. The summed E-state index contributed by atoms with van der Waals surface area (Å²) in [7, 11) is 0. The number of piperidine rings is 1. The van der Waals surface area contributed by atoms with Crippen LogP contribution in [-0.2, 0) is 0 Å². The highest BCUT2D eigenvalue weighted by Gasteiger charge is 2.26. The molecule has 1 aliphatic heterocycles. The summed E-state index contributed by atoms with van der Waals surface area (Å²) in [6, 6.07) is 5.38. The molecule has 0 spiro atoms. The van der Waals surface area contributed by atoms with Gasteiger partial charge >= 0.3 is 0 Å². The van der Waals surface area contributed by atoms with Crippen molar-refractivity contribution >= 4 is 29.9 Å². The minimum atomic E-state index is -0.0225. The van der Waals surface area contributed by atoms with E-state index in [1.165, 1.54) is 12.8 Å². The van der Waals surface area contributed by atoms with E-state index in [9.17, 15) is 4.79 Å². The SMILES string of the molecule is Cl.NC1CCCN(C(=O)c2cc(Cl)ccc2OC2CCCC2)C1. The van der Waals surface area contributed by atoms with E-state index in [4.69, 9.17) is 22.1 Å². The van der Waals surface area contributed by atoms with Crippen LogP contribution in [0.4, 0.5) is 0 Å². The molecule has 0 bridgehead atoms. The third-order valence-electron chi connectivity index (χ3n) is 4.51. The van der Waals surface area contributed by atoms with E-state index in [1.54, 1.807) is 12.1 Å². The first-order valence-electron chi connectivity index (χ1n) is 8.14. The average Bonchev–Trinajstić information content (AvgIpc) is 3.01. The van der Waals surface area contributed by atoms with E-state index in [1.807, 2.05) is 11.0 Å². The lowest BCUT2D eigenvalue weighted by Crippen LogP contribution is -2.45. The number of amides is 1. The Bertz CT molecular complexity index is 547. The van der Waals surface area contributed by atoms with Crippen LogP contribution in [0.1, 0.15) is 48.9 Å².